The normalized spacial score (nSPS) is 19.1. The Bertz CT molecular complexity index is 436. The molecule has 1 saturated carbocycles. The molecule has 21 heavy (non-hydrogen) atoms. The van der Waals surface area contributed by atoms with Gasteiger partial charge in [0.2, 0.25) is 0 Å². The first kappa shape index (κ1) is 16.5. The standard InChI is InChI=1S/C19H32N2/c1-5-21(6-2)19(12-7-8-13-19)18(20)14-17-15(3)10-9-11-16(17)4/h9-11,18H,5-8,12-14,20H2,1-4H3. The van der Waals surface area contributed by atoms with Crippen LogP contribution in [0.5, 0.6) is 0 Å². The summed E-state index contributed by atoms with van der Waals surface area (Å²) < 4.78 is 0. The number of nitrogens with zero attached hydrogens (tertiary/aromatic N) is 1. The number of nitrogens with two attached hydrogens (primary N) is 1. The van der Waals surface area contributed by atoms with Gasteiger partial charge in [0, 0.05) is 11.6 Å². The van der Waals surface area contributed by atoms with E-state index in [0.717, 1.165) is 19.5 Å². The van der Waals surface area contributed by atoms with Crippen LogP contribution in [0.3, 0.4) is 0 Å². The molecule has 0 bridgehead atoms. The van der Waals surface area contributed by atoms with Gasteiger partial charge in [-0.1, -0.05) is 44.9 Å². The zero-order valence-corrected chi connectivity index (χ0v) is 14.3. The minimum atomic E-state index is 0.220. The number of hydrogen-bond donors (Lipinski definition) is 1. The van der Waals surface area contributed by atoms with Crippen LogP contribution in [-0.2, 0) is 6.42 Å². The SMILES string of the molecule is CCN(CC)C1(C(N)Cc2c(C)cccc2C)CCCC1. The summed E-state index contributed by atoms with van der Waals surface area (Å²) in [6.45, 7) is 11.2. The zero-order chi connectivity index (χ0) is 15.5. The van der Waals surface area contributed by atoms with Crippen molar-refractivity contribution in [1.82, 2.24) is 4.90 Å². The van der Waals surface area contributed by atoms with Crippen LogP contribution in [-0.4, -0.2) is 29.6 Å². The predicted molar refractivity (Wildman–Crippen MR) is 91.7 cm³/mol. The van der Waals surface area contributed by atoms with Gasteiger partial charge in [-0.2, -0.15) is 0 Å². The van der Waals surface area contributed by atoms with Crippen molar-refractivity contribution in [3.05, 3.63) is 34.9 Å². The summed E-state index contributed by atoms with van der Waals surface area (Å²) in [5.41, 5.74) is 11.3. The second kappa shape index (κ2) is 6.93. The Morgan fingerprint density at radius 2 is 1.62 bits per heavy atom. The van der Waals surface area contributed by atoms with Gasteiger partial charge in [-0.15, -0.1) is 0 Å². The third-order valence-electron chi connectivity index (χ3n) is 5.62. The lowest BCUT2D eigenvalue weighted by molar-refractivity contribution is 0.0771. The number of hydrogen-bond acceptors (Lipinski definition) is 2. The Morgan fingerprint density at radius 1 is 1.10 bits per heavy atom. The van der Waals surface area contributed by atoms with Crippen molar-refractivity contribution in [2.24, 2.45) is 5.73 Å². The molecule has 1 unspecified atom stereocenters. The molecule has 2 heteroatoms. The lowest BCUT2D eigenvalue weighted by Crippen LogP contribution is -2.59. The Morgan fingerprint density at radius 3 is 2.10 bits per heavy atom. The number of likely N-dealkylation sites (N-methyl/N-ethyl adjacent to an activating group) is 1. The molecule has 1 aromatic rings. The fraction of sp³-hybridized carbons (Fsp3) is 0.684. The fourth-order valence-corrected chi connectivity index (χ4v) is 4.34. The Balaban J connectivity index is 2.25. The minimum Gasteiger partial charge on any atom is -0.326 e. The molecule has 2 rings (SSSR count). The molecule has 1 aliphatic carbocycles. The van der Waals surface area contributed by atoms with Crippen molar-refractivity contribution < 1.29 is 0 Å². The number of benzene rings is 1. The van der Waals surface area contributed by atoms with Crippen LogP contribution in [0.2, 0.25) is 0 Å². The number of aryl methyl sites for hydroxylation is 2. The highest BCUT2D eigenvalue weighted by Crippen LogP contribution is 2.38. The Hall–Kier alpha value is -0.860. The molecule has 0 spiro atoms. The molecule has 0 saturated heterocycles. The molecule has 1 atom stereocenters. The van der Waals surface area contributed by atoms with E-state index in [2.05, 4.69) is 50.8 Å². The highest BCUT2D eigenvalue weighted by Gasteiger charge is 2.43. The monoisotopic (exact) mass is 288 g/mol. The second-order valence-electron chi connectivity index (χ2n) is 6.66. The van der Waals surface area contributed by atoms with Crippen LogP contribution in [0.4, 0.5) is 0 Å². The molecule has 2 N–H and O–H groups in total. The summed E-state index contributed by atoms with van der Waals surface area (Å²) >= 11 is 0. The van der Waals surface area contributed by atoms with Crippen LogP contribution >= 0.6 is 0 Å². The molecule has 118 valence electrons. The fourth-order valence-electron chi connectivity index (χ4n) is 4.34. The van der Waals surface area contributed by atoms with Crippen molar-refractivity contribution in [2.75, 3.05) is 13.1 Å². The van der Waals surface area contributed by atoms with E-state index in [4.69, 9.17) is 5.73 Å². The van der Waals surface area contributed by atoms with Gasteiger partial charge in [0.05, 0.1) is 0 Å². The van der Waals surface area contributed by atoms with E-state index in [9.17, 15) is 0 Å². The van der Waals surface area contributed by atoms with Crippen LogP contribution < -0.4 is 5.73 Å². The van der Waals surface area contributed by atoms with Crippen LogP contribution in [0.15, 0.2) is 18.2 Å². The first-order valence-electron chi connectivity index (χ1n) is 8.61. The topological polar surface area (TPSA) is 29.3 Å². The smallest absolute Gasteiger partial charge is 0.0363 e. The molecular weight excluding hydrogens is 256 g/mol. The summed E-state index contributed by atoms with van der Waals surface area (Å²) in [4.78, 5) is 2.62. The van der Waals surface area contributed by atoms with Crippen LogP contribution in [0.25, 0.3) is 0 Å². The average Bonchev–Trinajstić information content (AvgIpc) is 2.95. The van der Waals surface area contributed by atoms with Gasteiger partial charge in [0.15, 0.2) is 0 Å². The van der Waals surface area contributed by atoms with E-state index in [1.165, 1.54) is 42.4 Å². The first-order chi connectivity index (χ1) is 10.0. The molecule has 0 aliphatic heterocycles. The summed E-state index contributed by atoms with van der Waals surface area (Å²) in [6.07, 6.45) is 6.20. The van der Waals surface area contributed by atoms with E-state index >= 15 is 0 Å². The van der Waals surface area contributed by atoms with Crippen LogP contribution in [0.1, 0.15) is 56.2 Å². The molecule has 2 nitrogen and oxygen atoms in total. The highest BCUT2D eigenvalue weighted by molar-refractivity contribution is 5.34. The van der Waals surface area contributed by atoms with E-state index in [-0.39, 0.29) is 11.6 Å². The lowest BCUT2D eigenvalue weighted by atomic mass is 9.81. The summed E-state index contributed by atoms with van der Waals surface area (Å²) in [5.74, 6) is 0. The predicted octanol–water partition coefficient (Wildman–Crippen LogP) is 3.83. The third-order valence-corrected chi connectivity index (χ3v) is 5.62. The largest absolute Gasteiger partial charge is 0.326 e. The van der Waals surface area contributed by atoms with Gasteiger partial charge < -0.3 is 5.73 Å². The minimum absolute atomic E-state index is 0.220. The van der Waals surface area contributed by atoms with Gasteiger partial charge >= 0.3 is 0 Å². The average molecular weight is 288 g/mol. The molecule has 0 radical (unpaired) electrons. The van der Waals surface area contributed by atoms with E-state index in [1.807, 2.05) is 0 Å². The van der Waals surface area contributed by atoms with Crippen molar-refractivity contribution in [3.8, 4) is 0 Å². The maximum Gasteiger partial charge on any atom is 0.0363 e. The van der Waals surface area contributed by atoms with Gasteiger partial charge in [-0.25, -0.2) is 0 Å². The van der Waals surface area contributed by atoms with Crippen LogP contribution in [0, 0.1) is 13.8 Å². The lowest BCUT2D eigenvalue weighted by Gasteiger charge is -2.45. The highest BCUT2D eigenvalue weighted by atomic mass is 15.2. The molecule has 0 aromatic heterocycles. The van der Waals surface area contributed by atoms with E-state index in [1.54, 1.807) is 0 Å². The summed E-state index contributed by atoms with van der Waals surface area (Å²) in [6, 6.07) is 6.82. The van der Waals surface area contributed by atoms with Crippen molar-refractivity contribution in [3.63, 3.8) is 0 Å². The van der Waals surface area contributed by atoms with Gasteiger partial charge in [0.25, 0.3) is 0 Å². The third kappa shape index (κ3) is 3.17. The quantitative estimate of drug-likeness (QED) is 0.862. The first-order valence-corrected chi connectivity index (χ1v) is 8.61. The van der Waals surface area contributed by atoms with E-state index in [0.29, 0.717) is 0 Å². The van der Waals surface area contributed by atoms with Crippen molar-refractivity contribution in [1.29, 1.82) is 0 Å². The second-order valence-corrected chi connectivity index (χ2v) is 6.66. The molecule has 1 aliphatic rings. The van der Waals surface area contributed by atoms with Crippen molar-refractivity contribution in [2.45, 2.75) is 71.4 Å². The Kier molecular flexibility index (Phi) is 5.45. The zero-order valence-electron chi connectivity index (χ0n) is 14.3. The van der Waals surface area contributed by atoms with Crippen molar-refractivity contribution >= 4 is 0 Å². The molecule has 1 fully saturated rings. The van der Waals surface area contributed by atoms with E-state index < -0.39 is 0 Å². The molecule has 1 aromatic carbocycles. The van der Waals surface area contributed by atoms with Gasteiger partial charge in [-0.05, 0) is 62.9 Å². The molecule has 0 heterocycles. The maximum absolute atomic E-state index is 6.79. The summed E-state index contributed by atoms with van der Waals surface area (Å²) in [7, 11) is 0. The molecular formula is C19H32N2. The van der Waals surface area contributed by atoms with Gasteiger partial charge in [-0.3, -0.25) is 4.90 Å². The number of rotatable bonds is 6. The maximum atomic E-state index is 6.79. The molecule has 0 amide bonds. The Labute approximate surface area is 130 Å². The summed E-state index contributed by atoms with van der Waals surface area (Å²) in [5, 5.41) is 0. The van der Waals surface area contributed by atoms with Gasteiger partial charge in [0.1, 0.15) is 0 Å².